The van der Waals surface area contributed by atoms with Crippen molar-refractivity contribution in [2.75, 3.05) is 0 Å². The molecule has 1 saturated carbocycles. The average Bonchev–Trinajstić information content (AvgIpc) is 2.62. The Labute approximate surface area is 179 Å². The Morgan fingerprint density at radius 2 is 1.27 bits per heavy atom. The quantitative estimate of drug-likeness (QED) is 0.441. The van der Waals surface area contributed by atoms with Crippen LogP contribution in [0.4, 0.5) is 0 Å². The number of benzene rings is 2. The first-order valence-electron chi connectivity index (χ1n) is 10.7. The van der Waals surface area contributed by atoms with Gasteiger partial charge in [-0.2, -0.15) is 0 Å². The van der Waals surface area contributed by atoms with Crippen molar-refractivity contribution < 1.29 is 19.1 Å². The fourth-order valence-corrected chi connectivity index (χ4v) is 5.23. The summed E-state index contributed by atoms with van der Waals surface area (Å²) in [6.07, 6.45) is 3.57. The van der Waals surface area contributed by atoms with Gasteiger partial charge in [0.05, 0.1) is 0 Å². The second-order valence-electron chi connectivity index (χ2n) is 9.48. The first-order valence-corrected chi connectivity index (χ1v) is 10.7. The van der Waals surface area contributed by atoms with Crippen molar-refractivity contribution >= 4 is 11.9 Å². The monoisotopic (exact) mass is 408 g/mol. The Kier molecular flexibility index (Phi) is 6.64. The lowest BCUT2D eigenvalue weighted by atomic mass is 9.62. The van der Waals surface area contributed by atoms with Crippen LogP contribution in [0.5, 0.6) is 11.5 Å². The highest BCUT2D eigenvalue weighted by Crippen LogP contribution is 2.49. The van der Waals surface area contributed by atoms with Crippen molar-refractivity contribution in [2.45, 2.75) is 59.8 Å². The van der Waals surface area contributed by atoms with Crippen LogP contribution in [0.3, 0.4) is 0 Å². The molecule has 0 amide bonds. The summed E-state index contributed by atoms with van der Waals surface area (Å²) in [5, 5.41) is 0. The summed E-state index contributed by atoms with van der Waals surface area (Å²) >= 11 is 0. The first-order chi connectivity index (χ1) is 14.1. The third-order valence-corrected chi connectivity index (χ3v) is 5.89. The van der Waals surface area contributed by atoms with Gasteiger partial charge >= 0.3 is 11.9 Å². The van der Waals surface area contributed by atoms with Crippen molar-refractivity contribution in [3.63, 3.8) is 0 Å². The largest absolute Gasteiger partial charge is 0.427 e. The topological polar surface area (TPSA) is 52.6 Å². The summed E-state index contributed by atoms with van der Waals surface area (Å²) in [5.41, 5.74) is 2.72. The van der Waals surface area contributed by atoms with Gasteiger partial charge in [-0.3, -0.25) is 9.59 Å². The normalized spacial score (nSPS) is 20.6. The van der Waals surface area contributed by atoms with E-state index in [2.05, 4.69) is 45.0 Å². The van der Waals surface area contributed by atoms with E-state index in [0.717, 1.165) is 6.42 Å². The third kappa shape index (κ3) is 5.71. The lowest BCUT2D eigenvalue weighted by Crippen LogP contribution is -2.31. The number of hydrogen-bond donors (Lipinski definition) is 0. The highest BCUT2D eigenvalue weighted by atomic mass is 16.5. The molecule has 30 heavy (non-hydrogen) atoms. The molecule has 2 unspecified atom stereocenters. The standard InChI is InChI=1S/C26H32O4/c1-17-14-22(16-26(4,5)15-17)25(20-6-10-23(11-7-20)29-18(2)27)21-8-12-24(13-9-21)30-19(3)28/h6-13,17,22,25H,14-16H2,1-5H3. The molecule has 0 heterocycles. The molecule has 2 aromatic carbocycles. The van der Waals surface area contributed by atoms with Crippen molar-refractivity contribution in [2.24, 2.45) is 17.3 Å². The van der Waals surface area contributed by atoms with Gasteiger partial charge in [0, 0.05) is 19.8 Å². The Bertz CT molecular complexity index is 821. The Balaban J connectivity index is 1.96. The van der Waals surface area contributed by atoms with Gasteiger partial charge in [0.15, 0.2) is 0 Å². The summed E-state index contributed by atoms with van der Waals surface area (Å²) in [5.74, 6) is 1.89. The molecule has 1 aliphatic rings. The zero-order chi connectivity index (χ0) is 21.9. The van der Waals surface area contributed by atoms with Crippen LogP contribution in [-0.2, 0) is 9.59 Å². The minimum atomic E-state index is -0.316. The number of hydrogen-bond acceptors (Lipinski definition) is 4. The zero-order valence-corrected chi connectivity index (χ0v) is 18.6. The molecule has 0 saturated heterocycles. The fraction of sp³-hybridized carbons (Fsp3) is 0.462. The van der Waals surface area contributed by atoms with Crippen LogP contribution < -0.4 is 9.47 Å². The maximum absolute atomic E-state index is 11.3. The predicted molar refractivity (Wildman–Crippen MR) is 118 cm³/mol. The number of carbonyl (C=O) groups excluding carboxylic acids is 2. The van der Waals surface area contributed by atoms with Crippen LogP contribution in [0.15, 0.2) is 48.5 Å². The number of rotatable bonds is 5. The van der Waals surface area contributed by atoms with Crippen LogP contribution in [0, 0.1) is 17.3 Å². The predicted octanol–water partition coefficient (Wildman–Crippen LogP) is 6.13. The number of ether oxygens (including phenoxy) is 2. The summed E-state index contributed by atoms with van der Waals surface area (Å²) < 4.78 is 10.4. The second kappa shape index (κ2) is 9.03. The Morgan fingerprint density at radius 1 is 0.833 bits per heavy atom. The van der Waals surface area contributed by atoms with Gasteiger partial charge in [0.25, 0.3) is 0 Å². The van der Waals surface area contributed by atoms with Crippen LogP contribution in [0.25, 0.3) is 0 Å². The molecule has 3 rings (SSSR count). The number of carbonyl (C=O) groups is 2. The Hall–Kier alpha value is -2.62. The van der Waals surface area contributed by atoms with Gasteiger partial charge in [-0.15, -0.1) is 0 Å². The molecule has 0 radical (unpaired) electrons. The summed E-state index contributed by atoms with van der Waals surface area (Å²) in [4.78, 5) is 22.5. The van der Waals surface area contributed by atoms with Crippen LogP contribution in [-0.4, -0.2) is 11.9 Å². The minimum absolute atomic E-state index is 0.227. The van der Waals surface area contributed by atoms with Gasteiger partial charge in [-0.1, -0.05) is 45.0 Å². The van der Waals surface area contributed by atoms with E-state index < -0.39 is 0 Å². The molecule has 0 bridgehead atoms. The maximum atomic E-state index is 11.3. The van der Waals surface area contributed by atoms with Crippen LogP contribution >= 0.6 is 0 Å². The van der Waals surface area contributed by atoms with Crippen LogP contribution in [0.2, 0.25) is 0 Å². The van der Waals surface area contributed by atoms with E-state index in [9.17, 15) is 9.59 Å². The van der Waals surface area contributed by atoms with Crippen molar-refractivity contribution in [1.82, 2.24) is 0 Å². The molecule has 0 aromatic heterocycles. The van der Waals surface area contributed by atoms with Crippen molar-refractivity contribution in [3.8, 4) is 11.5 Å². The van der Waals surface area contributed by atoms with Crippen molar-refractivity contribution in [3.05, 3.63) is 59.7 Å². The molecule has 4 heteroatoms. The molecule has 4 nitrogen and oxygen atoms in total. The van der Waals surface area contributed by atoms with Gasteiger partial charge < -0.3 is 9.47 Å². The van der Waals surface area contributed by atoms with E-state index in [-0.39, 0.29) is 17.9 Å². The molecule has 2 atom stereocenters. The van der Waals surface area contributed by atoms with Gasteiger partial charge in [-0.05, 0) is 71.9 Å². The molecule has 160 valence electrons. The van der Waals surface area contributed by atoms with E-state index in [4.69, 9.17) is 9.47 Å². The molecule has 0 aliphatic heterocycles. The SMILES string of the molecule is CC(=O)Oc1ccc(C(c2ccc(OC(C)=O)cc2)C2CC(C)CC(C)(C)C2)cc1. The Morgan fingerprint density at radius 3 is 1.63 bits per heavy atom. The van der Waals surface area contributed by atoms with Gasteiger partial charge in [0.2, 0.25) is 0 Å². The second-order valence-corrected chi connectivity index (χ2v) is 9.48. The van der Waals surface area contributed by atoms with E-state index in [1.54, 1.807) is 0 Å². The van der Waals surface area contributed by atoms with E-state index in [1.807, 2.05) is 24.3 Å². The van der Waals surface area contributed by atoms with Gasteiger partial charge in [0.1, 0.15) is 11.5 Å². The van der Waals surface area contributed by atoms with E-state index in [1.165, 1.54) is 37.8 Å². The lowest BCUT2D eigenvalue weighted by Gasteiger charge is -2.42. The minimum Gasteiger partial charge on any atom is -0.427 e. The molecule has 1 fully saturated rings. The fourth-order valence-electron chi connectivity index (χ4n) is 5.23. The summed E-state index contributed by atoms with van der Waals surface area (Å²) in [6.45, 7) is 9.89. The molecule has 1 aliphatic carbocycles. The highest BCUT2D eigenvalue weighted by molar-refractivity contribution is 5.69. The molecular weight excluding hydrogens is 376 g/mol. The van der Waals surface area contributed by atoms with Gasteiger partial charge in [-0.25, -0.2) is 0 Å². The average molecular weight is 409 g/mol. The molecule has 0 spiro atoms. The van der Waals surface area contributed by atoms with Crippen molar-refractivity contribution in [1.29, 1.82) is 0 Å². The summed E-state index contributed by atoms with van der Waals surface area (Å²) in [6, 6.07) is 15.7. The lowest BCUT2D eigenvalue weighted by molar-refractivity contribution is -0.132. The molecule has 2 aromatic rings. The van der Waals surface area contributed by atoms with Crippen LogP contribution in [0.1, 0.15) is 70.9 Å². The molecular formula is C26H32O4. The molecule has 0 N–H and O–H groups in total. The highest BCUT2D eigenvalue weighted by Gasteiger charge is 2.37. The van der Waals surface area contributed by atoms with E-state index >= 15 is 0 Å². The van der Waals surface area contributed by atoms with E-state index in [0.29, 0.717) is 28.7 Å². The smallest absolute Gasteiger partial charge is 0.308 e. The number of esters is 2. The summed E-state index contributed by atoms with van der Waals surface area (Å²) in [7, 11) is 0. The zero-order valence-electron chi connectivity index (χ0n) is 18.6. The maximum Gasteiger partial charge on any atom is 0.308 e. The first kappa shape index (κ1) is 22.1. The third-order valence-electron chi connectivity index (χ3n) is 5.89.